The Hall–Kier alpha value is -0.120. The van der Waals surface area contributed by atoms with Crippen LogP contribution in [-0.4, -0.2) is 36.6 Å². The quantitative estimate of drug-likeness (QED) is 0.501. The summed E-state index contributed by atoms with van der Waals surface area (Å²) in [6.07, 6.45) is 11.6. The Kier molecular flexibility index (Phi) is 25.7. The van der Waals surface area contributed by atoms with Crippen LogP contribution in [0.1, 0.15) is 78.1 Å². The minimum Gasteiger partial charge on any atom is -0.396 e. The molecule has 0 bridgehead atoms. The van der Waals surface area contributed by atoms with E-state index >= 15 is 0 Å². The summed E-state index contributed by atoms with van der Waals surface area (Å²) in [7, 11) is 0. The Morgan fingerprint density at radius 2 is 0.895 bits per heavy atom. The van der Waals surface area contributed by atoms with E-state index in [4.69, 9.17) is 14.9 Å². The summed E-state index contributed by atoms with van der Waals surface area (Å²) in [5.41, 5.74) is 0. The molecule has 19 heavy (non-hydrogen) atoms. The number of rotatable bonds is 13. The van der Waals surface area contributed by atoms with E-state index in [1.165, 1.54) is 25.7 Å². The molecule has 0 fully saturated rings. The Morgan fingerprint density at radius 3 is 1.16 bits per heavy atom. The van der Waals surface area contributed by atoms with Crippen molar-refractivity contribution in [1.82, 2.24) is 0 Å². The first kappa shape index (κ1) is 21.2. The highest BCUT2D eigenvalue weighted by molar-refractivity contribution is 4.45. The summed E-state index contributed by atoms with van der Waals surface area (Å²) in [5.74, 6) is 0. The van der Waals surface area contributed by atoms with Gasteiger partial charge in [0.25, 0.3) is 0 Å². The van der Waals surface area contributed by atoms with Crippen molar-refractivity contribution < 1.29 is 14.9 Å². The van der Waals surface area contributed by atoms with Gasteiger partial charge in [0, 0.05) is 26.4 Å². The summed E-state index contributed by atoms with van der Waals surface area (Å²) in [6.45, 7) is 6.77. The van der Waals surface area contributed by atoms with Crippen LogP contribution in [-0.2, 0) is 4.74 Å². The zero-order valence-corrected chi connectivity index (χ0v) is 13.2. The van der Waals surface area contributed by atoms with Gasteiger partial charge >= 0.3 is 0 Å². The highest BCUT2D eigenvalue weighted by atomic mass is 16.5. The predicted molar refractivity (Wildman–Crippen MR) is 82.5 cm³/mol. The SMILES string of the molecule is CCCOCCC.OCCCCCCCCCCO. The highest BCUT2D eigenvalue weighted by Crippen LogP contribution is 2.07. The molecular formula is C16H36O3. The molecule has 0 saturated heterocycles. The highest BCUT2D eigenvalue weighted by Gasteiger charge is 1.90. The van der Waals surface area contributed by atoms with Crippen molar-refractivity contribution in [1.29, 1.82) is 0 Å². The van der Waals surface area contributed by atoms with Gasteiger partial charge in [-0.3, -0.25) is 0 Å². The van der Waals surface area contributed by atoms with Gasteiger partial charge < -0.3 is 14.9 Å². The summed E-state index contributed by atoms with van der Waals surface area (Å²) in [4.78, 5) is 0. The second-order valence-corrected chi connectivity index (χ2v) is 4.89. The van der Waals surface area contributed by atoms with Crippen LogP contribution in [0.2, 0.25) is 0 Å². The second kappa shape index (κ2) is 23.0. The normalized spacial score (nSPS) is 10.1. The molecule has 0 aliphatic rings. The van der Waals surface area contributed by atoms with E-state index in [1.807, 2.05) is 0 Å². The Balaban J connectivity index is 0. The minimum atomic E-state index is 0.338. The van der Waals surface area contributed by atoms with Crippen LogP contribution in [0.15, 0.2) is 0 Å². The molecule has 2 N–H and O–H groups in total. The molecule has 0 amide bonds. The number of aliphatic hydroxyl groups excluding tert-OH is 2. The van der Waals surface area contributed by atoms with E-state index in [0.29, 0.717) is 13.2 Å². The zero-order chi connectivity index (χ0) is 14.6. The molecule has 0 aromatic carbocycles. The summed E-state index contributed by atoms with van der Waals surface area (Å²) in [6, 6.07) is 0. The maximum Gasteiger partial charge on any atom is 0.0463 e. The first-order valence-corrected chi connectivity index (χ1v) is 8.12. The molecule has 0 aliphatic carbocycles. The molecule has 0 aliphatic heterocycles. The smallest absolute Gasteiger partial charge is 0.0463 e. The van der Waals surface area contributed by atoms with Crippen molar-refractivity contribution in [2.45, 2.75) is 78.1 Å². The monoisotopic (exact) mass is 276 g/mol. The van der Waals surface area contributed by atoms with Crippen LogP contribution >= 0.6 is 0 Å². The predicted octanol–water partition coefficient (Wildman–Crippen LogP) is 3.91. The molecule has 0 atom stereocenters. The molecule has 0 unspecified atom stereocenters. The van der Waals surface area contributed by atoms with Crippen molar-refractivity contribution >= 4 is 0 Å². The van der Waals surface area contributed by atoms with Crippen LogP contribution in [0.5, 0.6) is 0 Å². The van der Waals surface area contributed by atoms with Gasteiger partial charge in [-0.2, -0.15) is 0 Å². The van der Waals surface area contributed by atoms with Gasteiger partial charge in [-0.15, -0.1) is 0 Å². The molecule has 0 rings (SSSR count). The van der Waals surface area contributed by atoms with Crippen molar-refractivity contribution in [2.75, 3.05) is 26.4 Å². The van der Waals surface area contributed by atoms with Crippen molar-refractivity contribution in [3.63, 3.8) is 0 Å². The van der Waals surface area contributed by atoms with Crippen molar-refractivity contribution in [3.05, 3.63) is 0 Å². The zero-order valence-electron chi connectivity index (χ0n) is 13.2. The van der Waals surface area contributed by atoms with Crippen LogP contribution in [0.4, 0.5) is 0 Å². The van der Waals surface area contributed by atoms with Crippen molar-refractivity contribution in [3.8, 4) is 0 Å². The molecule has 118 valence electrons. The number of hydrogen-bond donors (Lipinski definition) is 2. The van der Waals surface area contributed by atoms with Gasteiger partial charge in [-0.05, 0) is 25.7 Å². The Labute approximate surface area is 120 Å². The second-order valence-electron chi connectivity index (χ2n) is 4.89. The number of aliphatic hydroxyl groups is 2. The first-order chi connectivity index (χ1) is 9.33. The molecule has 3 nitrogen and oxygen atoms in total. The standard InChI is InChI=1S/C10H22O2.C6H14O/c11-9-7-5-3-1-2-4-6-8-10-12;1-3-5-7-6-4-2/h11-12H,1-10H2;3-6H2,1-2H3. The summed E-state index contributed by atoms with van der Waals surface area (Å²) >= 11 is 0. The summed E-state index contributed by atoms with van der Waals surface area (Å²) < 4.78 is 5.13. The van der Waals surface area contributed by atoms with E-state index in [9.17, 15) is 0 Å². The van der Waals surface area contributed by atoms with Crippen LogP contribution in [0, 0.1) is 0 Å². The maximum atomic E-state index is 8.51. The van der Waals surface area contributed by atoms with E-state index in [2.05, 4.69) is 13.8 Å². The van der Waals surface area contributed by atoms with Gasteiger partial charge in [-0.25, -0.2) is 0 Å². The molecule has 0 saturated carbocycles. The van der Waals surface area contributed by atoms with Crippen LogP contribution in [0.25, 0.3) is 0 Å². The third kappa shape index (κ3) is 27.2. The molecule has 3 heteroatoms. The summed E-state index contributed by atoms with van der Waals surface area (Å²) in [5, 5.41) is 17.0. The van der Waals surface area contributed by atoms with E-state index in [0.717, 1.165) is 51.7 Å². The average Bonchev–Trinajstić information content (AvgIpc) is 2.43. The molecule has 0 aromatic rings. The fourth-order valence-electron chi connectivity index (χ4n) is 1.68. The van der Waals surface area contributed by atoms with Gasteiger partial charge in [-0.1, -0.05) is 52.4 Å². The lowest BCUT2D eigenvalue weighted by Gasteiger charge is -1.99. The van der Waals surface area contributed by atoms with Gasteiger partial charge in [0.05, 0.1) is 0 Å². The minimum absolute atomic E-state index is 0.338. The molecule has 0 radical (unpaired) electrons. The van der Waals surface area contributed by atoms with Gasteiger partial charge in [0.2, 0.25) is 0 Å². The fraction of sp³-hybridized carbons (Fsp3) is 1.00. The third-order valence-corrected chi connectivity index (χ3v) is 2.76. The lowest BCUT2D eigenvalue weighted by atomic mass is 10.1. The number of ether oxygens (including phenoxy) is 1. The molecule has 0 spiro atoms. The van der Waals surface area contributed by atoms with Gasteiger partial charge in [0.1, 0.15) is 0 Å². The van der Waals surface area contributed by atoms with Crippen LogP contribution < -0.4 is 0 Å². The first-order valence-electron chi connectivity index (χ1n) is 8.12. The average molecular weight is 276 g/mol. The number of hydrogen-bond acceptors (Lipinski definition) is 3. The third-order valence-electron chi connectivity index (χ3n) is 2.76. The van der Waals surface area contributed by atoms with E-state index in [-0.39, 0.29) is 0 Å². The Morgan fingerprint density at radius 1 is 0.579 bits per heavy atom. The topological polar surface area (TPSA) is 49.7 Å². The molecule has 0 aromatic heterocycles. The Bertz CT molecular complexity index is 115. The number of unbranched alkanes of at least 4 members (excludes halogenated alkanes) is 7. The lowest BCUT2D eigenvalue weighted by molar-refractivity contribution is 0.135. The molecule has 0 heterocycles. The van der Waals surface area contributed by atoms with Gasteiger partial charge in [0.15, 0.2) is 0 Å². The van der Waals surface area contributed by atoms with E-state index < -0.39 is 0 Å². The van der Waals surface area contributed by atoms with E-state index in [1.54, 1.807) is 0 Å². The fourth-order valence-corrected chi connectivity index (χ4v) is 1.68. The largest absolute Gasteiger partial charge is 0.396 e. The molecular weight excluding hydrogens is 240 g/mol. The van der Waals surface area contributed by atoms with Crippen molar-refractivity contribution in [2.24, 2.45) is 0 Å². The van der Waals surface area contributed by atoms with Crippen LogP contribution in [0.3, 0.4) is 0 Å². The maximum absolute atomic E-state index is 8.51. The lowest BCUT2D eigenvalue weighted by Crippen LogP contribution is -1.92.